The van der Waals surface area contributed by atoms with Gasteiger partial charge in [-0.2, -0.15) is 4.57 Å². The van der Waals surface area contributed by atoms with Gasteiger partial charge in [0.2, 0.25) is 6.54 Å². The number of nitrogens with one attached hydrogen (secondary N) is 1. The van der Waals surface area contributed by atoms with E-state index < -0.39 is 0 Å². The molecule has 0 spiro atoms. The third-order valence-corrected chi connectivity index (χ3v) is 4.22. The van der Waals surface area contributed by atoms with E-state index in [2.05, 4.69) is 5.32 Å². The average Bonchev–Trinajstić information content (AvgIpc) is 2.65. The number of pyridine rings is 1. The summed E-state index contributed by atoms with van der Waals surface area (Å²) in [5.41, 5.74) is 2.86. The highest BCUT2D eigenvalue weighted by molar-refractivity contribution is 6.31. The first-order chi connectivity index (χ1) is 12.5. The van der Waals surface area contributed by atoms with Gasteiger partial charge in [-0.05, 0) is 24.6 Å². The van der Waals surface area contributed by atoms with Crippen LogP contribution in [0.3, 0.4) is 0 Å². The van der Waals surface area contributed by atoms with E-state index in [1.54, 1.807) is 53.4 Å². The molecule has 5 heteroatoms. The van der Waals surface area contributed by atoms with Crippen LogP contribution in [-0.4, -0.2) is 11.7 Å². The predicted molar refractivity (Wildman–Crippen MR) is 101 cm³/mol. The van der Waals surface area contributed by atoms with Crippen molar-refractivity contribution < 1.29 is 14.2 Å². The molecular formula is C21H18ClN2O2+. The number of amides is 1. The Morgan fingerprint density at radius 3 is 2.31 bits per heavy atom. The van der Waals surface area contributed by atoms with E-state index in [4.69, 9.17) is 11.6 Å². The molecule has 4 nitrogen and oxygen atoms in total. The number of benzene rings is 2. The number of halogens is 1. The van der Waals surface area contributed by atoms with Crippen molar-refractivity contribution in [2.45, 2.75) is 13.5 Å². The molecule has 0 aliphatic carbocycles. The number of hydrogen-bond acceptors (Lipinski definition) is 2. The van der Waals surface area contributed by atoms with Gasteiger partial charge < -0.3 is 5.32 Å². The maximum Gasteiger partial charge on any atom is 0.290 e. The third kappa shape index (κ3) is 4.35. The molecule has 0 atom stereocenters. The van der Waals surface area contributed by atoms with Gasteiger partial charge in [0.25, 0.3) is 5.91 Å². The van der Waals surface area contributed by atoms with Crippen LogP contribution in [0, 0.1) is 6.92 Å². The van der Waals surface area contributed by atoms with Gasteiger partial charge in [-0.25, -0.2) is 0 Å². The van der Waals surface area contributed by atoms with E-state index >= 15 is 0 Å². The number of ketones is 1. The molecule has 3 aromatic rings. The Bertz CT molecular complexity index is 938. The lowest BCUT2D eigenvalue weighted by Crippen LogP contribution is -2.39. The standard InChI is InChI=1S/C21H17ClN2O2/c1-15-7-8-18(22)13-19(15)23-20(25)14-24-11-9-17(10-12-24)21(26)16-5-3-2-4-6-16/h2-13H,14H2,1H3/p+1. The summed E-state index contributed by atoms with van der Waals surface area (Å²) in [5, 5.41) is 3.42. The summed E-state index contributed by atoms with van der Waals surface area (Å²) in [6, 6.07) is 17.9. The summed E-state index contributed by atoms with van der Waals surface area (Å²) in [4.78, 5) is 24.6. The van der Waals surface area contributed by atoms with Crippen LogP contribution in [0.2, 0.25) is 5.02 Å². The summed E-state index contributed by atoms with van der Waals surface area (Å²) in [5.74, 6) is -0.209. The van der Waals surface area contributed by atoms with Gasteiger partial charge in [0.05, 0.1) is 0 Å². The molecule has 0 radical (unpaired) electrons. The molecule has 0 aliphatic rings. The van der Waals surface area contributed by atoms with Gasteiger partial charge in [0.1, 0.15) is 0 Å². The molecule has 1 N–H and O–H groups in total. The number of nitrogens with zero attached hydrogens (tertiary/aromatic N) is 1. The molecule has 0 bridgehead atoms. The lowest BCUT2D eigenvalue weighted by Gasteiger charge is -2.07. The first kappa shape index (κ1) is 17.8. The van der Waals surface area contributed by atoms with Crippen LogP contribution in [0.4, 0.5) is 5.69 Å². The monoisotopic (exact) mass is 365 g/mol. The zero-order chi connectivity index (χ0) is 18.5. The van der Waals surface area contributed by atoms with Gasteiger partial charge in [0, 0.05) is 34.0 Å². The second-order valence-electron chi connectivity index (χ2n) is 5.96. The van der Waals surface area contributed by atoms with Gasteiger partial charge in [0.15, 0.2) is 18.2 Å². The van der Waals surface area contributed by atoms with E-state index in [-0.39, 0.29) is 18.2 Å². The second-order valence-corrected chi connectivity index (χ2v) is 6.40. The molecule has 0 unspecified atom stereocenters. The number of carbonyl (C=O) groups excluding carboxylic acids is 2. The first-order valence-electron chi connectivity index (χ1n) is 8.18. The minimum Gasteiger partial charge on any atom is -0.320 e. The number of anilines is 1. The van der Waals surface area contributed by atoms with Crippen LogP contribution < -0.4 is 9.88 Å². The van der Waals surface area contributed by atoms with Gasteiger partial charge in [-0.1, -0.05) is 48.0 Å². The van der Waals surface area contributed by atoms with Crippen molar-refractivity contribution >= 4 is 29.0 Å². The number of aryl methyl sites for hydroxylation is 1. The highest BCUT2D eigenvalue weighted by atomic mass is 35.5. The number of aromatic nitrogens is 1. The lowest BCUT2D eigenvalue weighted by molar-refractivity contribution is -0.684. The van der Waals surface area contributed by atoms with E-state index in [9.17, 15) is 9.59 Å². The summed E-state index contributed by atoms with van der Waals surface area (Å²) in [6.07, 6.45) is 3.45. The maximum absolute atomic E-state index is 12.4. The zero-order valence-corrected chi connectivity index (χ0v) is 15.0. The van der Waals surface area contributed by atoms with E-state index in [0.717, 1.165) is 5.56 Å². The van der Waals surface area contributed by atoms with Crippen LogP contribution in [0.25, 0.3) is 0 Å². The molecule has 1 heterocycles. The molecular weight excluding hydrogens is 348 g/mol. The highest BCUT2D eigenvalue weighted by Gasteiger charge is 2.14. The lowest BCUT2D eigenvalue weighted by atomic mass is 10.0. The maximum atomic E-state index is 12.4. The molecule has 0 saturated heterocycles. The quantitative estimate of drug-likeness (QED) is 0.552. The summed E-state index contributed by atoms with van der Waals surface area (Å²) in [6.45, 7) is 2.05. The first-order valence-corrected chi connectivity index (χ1v) is 8.55. The molecule has 0 aliphatic heterocycles. The fourth-order valence-electron chi connectivity index (χ4n) is 2.55. The molecule has 1 amide bonds. The summed E-state index contributed by atoms with van der Waals surface area (Å²) < 4.78 is 1.72. The number of rotatable bonds is 5. The van der Waals surface area contributed by atoms with E-state index in [1.165, 1.54) is 0 Å². The smallest absolute Gasteiger partial charge is 0.290 e. The molecule has 2 aromatic carbocycles. The fourth-order valence-corrected chi connectivity index (χ4v) is 2.73. The van der Waals surface area contributed by atoms with Crippen molar-refractivity contribution in [3.8, 4) is 0 Å². The Balaban J connectivity index is 1.66. The summed E-state index contributed by atoms with van der Waals surface area (Å²) >= 11 is 5.97. The molecule has 1 aromatic heterocycles. The van der Waals surface area contributed by atoms with Crippen molar-refractivity contribution in [1.29, 1.82) is 0 Å². The largest absolute Gasteiger partial charge is 0.320 e. The van der Waals surface area contributed by atoms with Crippen molar-refractivity contribution in [3.05, 3.63) is 94.8 Å². The molecule has 0 fully saturated rings. The molecule has 26 heavy (non-hydrogen) atoms. The predicted octanol–water partition coefficient (Wildman–Crippen LogP) is 3.81. The highest BCUT2D eigenvalue weighted by Crippen LogP contribution is 2.20. The Morgan fingerprint density at radius 1 is 0.962 bits per heavy atom. The van der Waals surface area contributed by atoms with Crippen LogP contribution in [-0.2, 0) is 11.3 Å². The number of carbonyl (C=O) groups is 2. The second kappa shape index (κ2) is 7.93. The Labute approximate surface area is 157 Å². The Kier molecular flexibility index (Phi) is 5.44. The minimum atomic E-state index is -0.164. The molecule has 0 saturated carbocycles. The fraction of sp³-hybridized carbons (Fsp3) is 0.0952. The minimum absolute atomic E-state index is 0.0447. The SMILES string of the molecule is Cc1ccc(Cl)cc1NC(=O)C[n+]1ccc(C(=O)c2ccccc2)cc1. The van der Waals surface area contributed by atoms with Crippen molar-refractivity contribution in [2.75, 3.05) is 5.32 Å². The van der Waals surface area contributed by atoms with Crippen LogP contribution in [0.1, 0.15) is 21.5 Å². The van der Waals surface area contributed by atoms with Crippen molar-refractivity contribution in [3.63, 3.8) is 0 Å². The van der Waals surface area contributed by atoms with Crippen LogP contribution in [0.15, 0.2) is 73.1 Å². The topological polar surface area (TPSA) is 50.1 Å². The Hall–Kier alpha value is -2.98. The zero-order valence-electron chi connectivity index (χ0n) is 14.3. The van der Waals surface area contributed by atoms with Crippen molar-refractivity contribution in [1.82, 2.24) is 0 Å². The third-order valence-electron chi connectivity index (χ3n) is 3.99. The number of hydrogen-bond donors (Lipinski definition) is 1. The van der Waals surface area contributed by atoms with Gasteiger partial charge >= 0.3 is 0 Å². The van der Waals surface area contributed by atoms with Gasteiger partial charge in [-0.3, -0.25) is 9.59 Å². The van der Waals surface area contributed by atoms with Crippen molar-refractivity contribution in [2.24, 2.45) is 0 Å². The van der Waals surface area contributed by atoms with Gasteiger partial charge in [-0.15, -0.1) is 0 Å². The Morgan fingerprint density at radius 2 is 1.62 bits per heavy atom. The van der Waals surface area contributed by atoms with Crippen LogP contribution in [0.5, 0.6) is 0 Å². The summed E-state index contributed by atoms with van der Waals surface area (Å²) in [7, 11) is 0. The average molecular weight is 366 g/mol. The normalized spacial score (nSPS) is 10.4. The van der Waals surface area contributed by atoms with E-state index in [1.807, 2.05) is 31.2 Å². The molecule has 130 valence electrons. The van der Waals surface area contributed by atoms with E-state index in [0.29, 0.717) is 21.8 Å². The van der Waals surface area contributed by atoms with Crippen LogP contribution >= 0.6 is 11.6 Å². The molecule has 3 rings (SSSR count).